The first-order chi connectivity index (χ1) is 9.46. The van der Waals surface area contributed by atoms with E-state index in [4.69, 9.17) is 5.11 Å². The van der Waals surface area contributed by atoms with Crippen LogP contribution >= 0.6 is 11.8 Å². The lowest BCUT2D eigenvalue weighted by atomic mass is 10.1. The van der Waals surface area contributed by atoms with E-state index in [0.717, 1.165) is 12.2 Å². The van der Waals surface area contributed by atoms with Crippen molar-refractivity contribution in [2.24, 2.45) is 0 Å². The zero-order chi connectivity index (χ0) is 14.8. The molecule has 0 aromatic heterocycles. The molecule has 0 bridgehead atoms. The van der Waals surface area contributed by atoms with Crippen LogP contribution in [0.25, 0.3) is 0 Å². The van der Waals surface area contributed by atoms with E-state index >= 15 is 0 Å². The lowest BCUT2D eigenvalue weighted by Gasteiger charge is -2.21. The second-order valence-electron chi connectivity index (χ2n) is 5.43. The van der Waals surface area contributed by atoms with Crippen molar-refractivity contribution >= 4 is 23.6 Å². The fourth-order valence-corrected chi connectivity index (χ4v) is 2.98. The summed E-state index contributed by atoms with van der Waals surface area (Å²) >= 11 is 1.65. The minimum Gasteiger partial charge on any atom is -0.395 e. The number of hydrogen-bond donors (Lipinski definition) is 1. The van der Waals surface area contributed by atoms with Gasteiger partial charge in [0.1, 0.15) is 0 Å². The number of amides is 2. The number of nitrogens with zero attached hydrogens (tertiary/aromatic N) is 1. The number of thioether (sulfide) groups is 1. The summed E-state index contributed by atoms with van der Waals surface area (Å²) in [5.74, 6) is 0.412. The Morgan fingerprint density at radius 3 is 2.20 bits per heavy atom. The van der Waals surface area contributed by atoms with Crippen molar-refractivity contribution in [3.63, 3.8) is 0 Å². The Balaban J connectivity index is 1.90. The lowest BCUT2D eigenvalue weighted by molar-refractivity contribution is 0.0655. The van der Waals surface area contributed by atoms with Gasteiger partial charge in [-0.2, -0.15) is 11.8 Å². The van der Waals surface area contributed by atoms with Crippen molar-refractivity contribution in [1.29, 1.82) is 0 Å². The van der Waals surface area contributed by atoms with Crippen LogP contribution in [-0.2, 0) is 0 Å². The number of carbonyl (C=O) groups excluding carboxylic acids is 2. The minimum absolute atomic E-state index is 0.116. The number of fused-ring (bicyclic) bond motifs is 1. The molecule has 4 nitrogen and oxygen atoms in total. The third-order valence-electron chi connectivity index (χ3n) is 3.28. The molecular formula is C15H19NO3S. The lowest BCUT2D eigenvalue weighted by Crippen LogP contribution is -2.31. The van der Waals surface area contributed by atoms with Crippen LogP contribution in [0.4, 0.5) is 0 Å². The van der Waals surface area contributed by atoms with E-state index in [0.29, 0.717) is 17.7 Å². The molecule has 0 saturated carbocycles. The van der Waals surface area contributed by atoms with Gasteiger partial charge < -0.3 is 5.11 Å². The van der Waals surface area contributed by atoms with Crippen molar-refractivity contribution in [3.8, 4) is 0 Å². The molecule has 5 heteroatoms. The Hall–Kier alpha value is -1.33. The van der Waals surface area contributed by atoms with Gasteiger partial charge in [-0.3, -0.25) is 14.5 Å². The number of rotatable bonds is 6. The number of aliphatic hydroxyl groups is 1. The first-order valence-electron chi connectivity index (χ1n) is 6.66. The van der Waals surface area contributed by atoms with Crippen molar-refractivity contribution in [2.75, 3.05) is 18.9 Å². The number of hydrogen-bond acceptors (Lipinski definition) is 4. The molecule has 1 aromatic carbocycles. The summed E-state index contributed by atoms with van der Waals surface area (Å²) in [6.45, 7) is 4.49. The van der Waals surface area contributed by atoms with E-state index < -0.39 is 0 Å². The van der Waals surface area contributed by atoms with E-state index in [-0.39, 0.29) is 23.2 Å². The van der Waals surface area contributed by atoms with Crippen LogP contribution in [0.1, 0.15) is 41.0 Å². The molecule has 0 aliphatic carbocycles. The molecule has 1 heterocycles. The molecule has 2 rings (SSSR count). The van der Waals surface area contributed by atoms with Gasteiger partial charge in [0, 0.05) is 11.3 Å². The van der Waals surface area contributed by atoms with E-state index in [1.54, 1.807) is 36.0 Å². The van der Waals surface area contributed by atoms with Crippen LogP contribution < -0.4 is 0 Å². The Labute approximate surface area is 123 Å². The first kappa shape index (κ1) is 15.1. The SMILES string of the molecule is CC(C)(CO)SCCCN1C(=O)c2ccccc2C1=O. The van der Waals surface area contributed by atoms with Gasteiger partial charge in [-0.25, -0.2) is 0 Å². The van der Waals surface area contributed by atoms with Crippen molar-refractivity contribution < 1.29 is 14.7 Å². The van der Waals surface area contributed by atoms with Gasteiger partial charge in [0.05, 0.1) is 17.7 Å². The minimum atomic E-state index is -0.197. The first-order valence-corrected chi connectivity index (χ1v) is 7.65. The predicted octanol–water partition coefficient (Wildman–Crippen LogP) is 2.18. The number of imide groups is 1. The van der Waals surface area contributed by atoms with Gasteiger partial charge in [0.2, 0.25) is 0 Å². The molecule has 0 fully saturated rings. The molecule has 2 amide bonds. The highest BCUT2D eigenvalue weighted by Crippen LogP contribution is 2.26. The maximum Gasteiger partial charge on any atom is 0.261 e. The molecular weight excluding hydrogens is 274 g/mol. The third kappa shape index (κ3) is 3.04. The zero-order valence-corrected chi connectivity index (χ0v) is 12.6. The molecule has 1 N–H and O–H groups in total. The van der Waals surface area contributed by atoms with Crippen LogP contribution in [-0.4, -0.2) is 45.5 Å². The standard InChI is InChI=1S/C15H19NO3S/c1-15(2,10-17)20-9-5-8-16-13(18)11-6-3-4-7-12(11)14(16)19/h3-4,6-7,17H,5,8-10H2,1-2H3. The highest BCUT2D eigenvalue weighted by atomic mass is 32.2. The fourth-order valence-electron chi connectivity index (χ4n) is 2.06. The highest BCUT2D eigenvalue weighted by molar-refractivity contribution is 8.00. The topological polar surface area (TPSA) is 57.6 Å². The molecule has 0 unspecified atom stereocenters. The van der Waals surface area contributed by atoms with E-state index in [2.05, 4.69) is 0 Å². The normalized spacial score (nSPS) is 14.8. The summed E-state index contributed by atoms with van der Waals surface area (Å²) in [4.78, 5) is 25.5. The van der Waals surface area contributed by atoms with Gasteiger partial charge in [0.25, 0.3) is 11.8 Å². The summed E-state index contributed by atoms with van der Waals surface area (Å²) in [5, 5.41) is 9.17. The van der Waals surface area contributed by atoms with Gasteiger partial charge in [0.15, 0.2) is 0 Å². The van der Waals surface area contributed by atoms with Crippen LogP contribution in [0.5, 0.6) is 0 Å². The third-order valence-corrected chi connectivity index (χ3v) is 4.68. The van der Waals surface area contributed by atoms with E-state index in [1.807, 2.05) is 13.8 Å². The smallest absolute Gasteiger partial charge is 0.261 e. The molecule has 0 spiro atoms. The van der Waals surface area contributed by atoms with Crippen molar-refractivity contribution in [3.05, 3.63) is 35.4 Å². The van der Waals surface area contributed by atoms with E-state index in [1.165, 1.54) is 4.90 Å². The summed E-state index contributed by atoms with van der Waals surface area (Å²) in [5.41, 5.74) is 1.00. The molecule has 0 saturated heterocycles. The summed E-state index contributed by atoms with van der Waals surface area (Å²) < 4.78 is -0.179. The Morgan fingerprint density at radius 2 is 1.70 bits per heavy atom. The van der Waals surface area contributed by atoms with Crippen LogP contribution in [0.2, 0.25) is 0 Å². The van der Waals surface area contributed by atoms with Gasteiger partial charge in [-0.1, -0.05) is 12.1 Å². The number of carbonyl (C=O) groups is 2. The van der Waals surface area contributed by atoms with Gasteiger partial charge in [-0.05, 0) is 38.2 Å². The van der Waals surface area contributed by atoms with Crippen LogP contribution in [0, 0.1) is 0 Å². The molecule has 108 valence electrons. The molecule has 1 aliphatic rings. The number of benzene rings is 1. The second kappa shape index (κ2) is 5.97. The Bertz CT molecular complexity index is 493. The van der Waals surface area contributed by atoms with E-state index in [9.17, 15) is 9.59 Å². The molecule has 20 heavy (non-hydrogen) atoms. The van der Waals surface area contributed by atoms with Gasteiger partial charge >= 0.3 is 0 Å². The quantitative estimate of drug-likeness (QED) is 0.645. The van der Waals surface area contributed by atoms with Crippen molar-refractivity contribution in [2.45, 2.75) is 25.0 Å². The number of aliphatic hydroxyl groups excluding tert-OH is 1. The van der Waals surface area contributed by atoms with Crippen LogP contribution in [0.15, 0.2) is 24.3 Å². The fraction of sp³-hybridized carbons (Fsp3) is 0.467. The largest absolute Gasteiger partial charge is 0.395 e. The molecule has 1 aromatic rings. The summed E-state index contributed by atoms with van der Waals surface area (Å²) in [6.07, 6.45) is 0.736. The average molecular weight is 293 g/mol. The second-order valence-corrected chi connectivity index (χ2v) is 7.23. The summed E-state index contributed by atoms with van der Waals surface area (Å²) in [7, 11) is 0. The summed E-state index contributed by atoms with van der Waals surface area (Å²) in [6, 6.07) is 6.93. The van der Waals surface area contributed by atoms with Crippen molar-refractivity contribution in [1.82, 2.24) is 4.90 Å². The average Bonchev–Trinajstić information content (AvgIpc) is 2.68. The maximum absolute atomic E-state index is 12.1. The maximum atomic E-state index is 12.1. The molecule has 1 aliphatic heterocycles. The highest BCUT2D eigenvalue weighted by Gasteiger charge is 2.34. The Kier molecular flexibility index (Phi) is 4.50. The monoisotopic (exact) mass is 293 g/mol. The van der Waals surface area contributed by atoms with Crippen LogP contribution in [0.3, 0.4) is 0 Å². The zero-order valence-electron chi connectivity index (χ0n) is 11.8. The van der Waals surface area contributed by atoms with Gasteiger partial charge in [-0.15, -0.1) is 0 Å². The Morgan fingerprint density at radius 1 is 1.15 bits per heavy atom. The predicted molar refractivity (Wildman–Crippen MR) is 80.0 cm³/mol. The molecule has 0 radical (unpaired) electrons. The molecule has 0 atom stereocenters.